The number of nitrogens with zero attached hydrogens (tertiary/aromatic N) is 4. The van der Waals surface area contributed by atoms with Gasteiger partial charge in [0.25, 0.3) is 5.91 Å². The van der Waals surface area contributed by atoms with Gasteiger partial charge in [0.2, 0.25) is 0 Å². The van der Waals surface area contributed by atoms with Crippen molar-refractivity contribution in [3.8, 4) is 0 Å². The number of carbonyl (C=O) groups excluding carboxylic acids is 1. The highest BCUT2D eigenvalue weighted by Gasteiger charge is 2.42. The maximum Gasteiger partial charge on any atom is 0.436 e. The van der Waals surface area contributed by atoms with E-state index in [0.717, 1.165) is 19.9 Å². The molecule has 3 rings (SSSR count). The summed E-state index contributed by atoms with van der Waals surface area (Å²) >= 11 is 5.87. The van der Waals surface area contributed by atoms with Gasteiger partial charge in [0.15, 0.2) is 11.4 Å². The van der Waals surface area contributed by atoms with E-state index in [9.17, 15) is 31.1 Å². The van der Waals surface area contributed by atoms with Gasteiger partial charge in [-0.25, -0.2) is 0 Å². The van der Waals surface area contributed by atoms with Crippen LogP contribution in [-0.4, -0.2) is 32.0 Å². The fourth-order valence-corrected chi connectivity index (χ4v) is 3.31. The Morgan fingerprint density at radius 1 is 1.21 bits per heavy atom. The van der Waals surface area contributed by atoms with E-state index in [-0.39, 0.29) is 25.4 Å². The minimum atomic E-state index is -4.67. The van der Waals surface area contributed by atoms with E-state index in [1.165, 1.54) is 4.68 Å². The lowest BCUT2D eigenvalue weighted by atomic mass is 10.2. The number of rotatable bonds is 6. The molecule has 0 bridgehead atoms. The van der Waals surface area contributed by atoms with Crippen LogP contribution in [0.5, 0.6) is 0 Å². The molecule has 1 aliphatic carbocycles. The van der Waals surface area contributed by atoms with Crippen LogP contribution in [0.1, 0.15) is 52.8 Å². The monoisotopic (exact) mass is 443 g/mol. The van der Waals surface area contributed by atoms with Gasteiger partial charge in [-0.3, -0.25) is 14.2 Å². The van der Waals surface area contributed by atoms with Crippen LogP contribution in [0, 0.1) is 0 Å². The molecule has 6 nitrogen and oxygen atoms in total. The highest BCUT2D eigenvalue weighted by Crippen LogP contribution is 2.46. The fraction of sp³-hybridized carbons (Fsp3) is 0.562. The van der Waals surface area contributed by atoms with Gasteiger partial charge >= 0.3 is 12.4 Å². The van der Waals surface area contributed by atoms with Crippen molar-refractivity contribution < 1.29 is 31.1 Å². The zero-order chi connectivity index (χ0) is 21.6. The number of hydrogen-bond donors (Lipinski definition) is 1. The maximum absolute atomic E-state index is 13.0. The topological polar surface area (TPSA) is 64.7 Å². The Hall–Kier alpha value is -2.24. The molecule has 0 radical (unpaired) electrons. The Morgan fingerprint density at radius 2 is 1.86 bits per heavy atom. The summed E-state index contributed by atoms with van der Waals surface area (Å²) in [4.78, 5) is 12.0. The average Bonchev–Trinajstić information content (AvgIpc) is 3.24. The first kappa shape index (κ1) is 21.5. The highest BCUT2D eigenvalue weighted by atomic mass is 35.5. The van der Waals surface area contributed by atoms with Gasteiger partial charge in [0, 0.05) is 32.1 Å². The Labute approximate surface area is 165 Å². The molecule has 2 aromatic rings. The average molecular weight is 444 g/mol. The van der Waals surface area contributed by atoms with E-state index in [1.54, 1.807) is 0 Å². The minimum Gasteiger partial charge on any atom is -0.351 e. The van der Waals surface area contributed by atoms with E-state index in [0.29, 0.717) is 16.4 Å². The molecule has 0 saturated heterocycles. The van der Waals surface area contributed by atoms with Crippen LogP contribution >= 0.6 is 11.6 Å². The van der Waals surface area contributed by atoms with Crippen molar-refractivity contribution in [1.82, 2.24) is 24.9 Å². The molecule has 1 amide bonds. The predicted octanol–water partition coefficient (Wildman–Crippen LogP) is 4.01. The Kier molecular flexibility index (Phi) is 5.58. The standard InChI is InChI=1S/C16H16ClF6N5O/c1-27-10(15(18,19)20)7-9(25-27)14(29)24-5-2-6-28-12(8-3-4-8)11(17)13(26-28)16(21,22)23/h7-8H,2-6H2,1H3,(H,24,29). The summed E-state index contributed by atoms with van der Waals surface area (Å²) in [6, 6.07) is 0.628. The number of nitrogens with one attached hydrogen (secondary N) is 1. The van der Waals surface area contributed by atoms with Crippen LogP contribution in [0.25, 0.3) is 0 Å². The number of hydrogen-bond acceptors (Lipinski definition) is 3. The molecular weight excluding hydrogens is 428 g/mol. The normalized spacial score (nSPS) is 15.0. The summed E-state index contributed by atoms with van der Waals surface area (Å²) in [5, 5.41) is 9.08. The van der Waals surface area contributed by atoms with Gasteiger partial charge in [0.1, 0.15) is 5.69 Å². The van der Waals surface area contributed by atoms with Crippen LogP contribution < -0.4 is 5.32 Å². The molecule has 0 spiro atoms. The van der Waals surface area contributed by atoms with E-state index >= 15 is 0 Å². The Balaban J connectivity index is 1.61. The van der Waals surface area contributed by atoms with Crippen molar-refractivity contribution in [2.75, 3.05) is 6.54 Å². The third-order valence-electron chi connectivity index (χ3n) is 4.40. The summed E-state index contributed by atoms with van der Waals surface area (Å²) in [5.74, 6) is -0.886. The predicted molar refractivity (Wildman–Crippen MR) is 89.4 cm³/mol. The summed E-state index contributed by atoms with van der Waals surface area (Å²) in [5.41, 5.74) is -2.29. The molecule has 1 aliphatic rings. The smallest absolute Gasteiger partial charge is 0.351 e. The van der Waals surface area contributed by atoms with Gasteiger partial charge < -0.3 is 5.32 Å². The molecule has 0 aliphatic heterocycles. The molecule has 0 unspecified atom stereocenters. The molecule has 29 heavy (non-hydrogen) atoms. The first-order valence-corrected chi connectivity index (χ1v) is 9.00. The largest absolute Gasteiger partial charge is 0.436 e. The molecule has 13 heteroatoms. The van der Waals surface area contributed by atoms with Crippen LogP contribution in [0.2, 0.25) is 5.02 Å². The molecule has 1 N–H and O–H groups in total. The van der Waals surface area contributed by atoms with Crippen molar-refractivity contribution in [2.24, 2.45) is 7.05 Å². The number of aromatic nitrogens is 4. The quantitative estimate of drug-likeness (QED) is 0.542. The number of amides is 1. The molecule has 0 aromatic carbocycles. The van der Waals surface area contributed by atoms with Crippen LogP contribution in [0.3, 0.4) is 0 Å². The van der Waals surface area contributed by atoms with E-state index in [2.05, 4.69) is 15.5 Å². The van der Waals surface area contributed by atoms with E-state index < -0.39 is 40.4 Å². The second-order valence-corrected chi connectivity index (χ2v) is 7.07. The van der Waals surface area contributed by atoms with Crippen molar-refractivity contribution in [3.05, 3.63) is 33.9 Å². The zero-order valence-corrected chi connectivity index (χ0v) is 15.8. The Morgan fingerprint density at radius 3 is 2.38 bits per heavy atom. The molecule has 2 heterocycles. The Bertz CT molecular complexity index is 912. The number of carbonyl (C=O) groups is 1. The third kappa shape index (κ3) is 4.68. The number of aryl methyl sites for hydroxylation is 2. The molecule has 1 fully saturated rings. The minimum absolute atomic E-state index is 0.0136. The van der Waals surface area contributed by atoms with Gasteiger partial charge in [-0.05, 0) is 19.3 Å². The van der Waals surface area contributed by atoms with Gasteiger partial charge in [-0.15, -0.1) is 0 Å². The molecular formula is C16H16ClF6N5O. The molecule has 1 saturated carbocycles. The first-order valence-electron chi connectivity index (χ1n) is 8.62. The summed E-state index contributed by atoms with van der Waals surface area (Å²) in [6.07, 6.45) is -7.66. The van der Waals surface area contributed by atoms with Crippen molar-refractivity contribution in [3.63, 3.8) is 0 Å². The molecule has 0 atom stereocenters. The van der Waals surface area contributed by atoms with Gasteiger partial charge in [-0.2, -0.15) is 36.5 Å². The highest BCUT2D eigenvalue weighted by molar-refractivity contribution is 6.32. The van der Waals surface area contributed by atoms with E-state index in [4.69, 9.17) is 11.6 Å². The lowest BCUT2D eigenvalue weighted by molar-refractivity contribution is -0.143. The van der Waals surface area contributed by atoms with Crippen molar-refractivity contribution in [1.29, 1.82) is 0 Å². The summed E-state index contributed by atoms with van der Waals surface area (Å²) < 4.78 is 79.1. The zero-order valence-electron chi connectivity index (χ0n) is 15.0. The van der Waals surface area contributed by atoms with Gasteiger partial charge in [0.05, 0.1) is 10.7 Å². The number of alkyl halides is 6. The SMILES string of the molecule is Cn1nc(C(=O)NCCCn2nc(C(F)(F)F)c(Cl)c2C2CC2)cc1C(F)(F)F. The van der Waals surface area contributed by atoms with Crippen LogP contribution in [0.4, 0.5) is 26.3 Å². The van der Waals surface area contributed by atoms with Crippen molar-refractivity contribution >= 4 is 17.5 Å². The number of halogens is 7. The molecule has 2 aromatic heterocycles. The lowest BCUT2D eigenvalue weighted by Crippen LogP contribution is -2.26. The van der Waals surface area contributed by atoms with Crippen molar-refractivity contribution in [2.45, 2.75) is 44.1 Å². The van der Waals surface area contributed by atoms with Gasteiger partial charge in [-0.1, -0.05) is 11.6 Å². The van der Waals surface area contributed by atoms with Crippen LogP contribution in [-0.2, 0) is 25.9 Å². The summed E-state index contributed by atoms with van der Waals surface area (Å²) in [6.45, 7) is 0.0810. The second-order valence-electron chi connectivity index (χ2n) is 6.69. The second kappa shape index (κ2) is 7.54. The first-order chi connectivity index (χ1) is 13.4. The lowest BCUT2D eigenvalue weighted by Gasteiger charge is -2.07. The fourth-order valence-electron chi connectivity index (χ4n) is 2.92. The maximum atomic E-state index is 13.0. The summed E-state index contributed by atoms with van der Waals surface area (Å²) in [7, 11) is 1.07. The van der Waals surface area contributed by atoms with Crippen LogP contribution in [0.15, 0.2) is 6.07 Å². The molecule has 160 valence electrons. The third-order valence-corrected chi connectivity index (χ3v) is 4.77. The van der Waals surface area contributed by atoms with E-state index in [1.807, 2.05) is 0 Å².